The predicted molar refractivity (Wildman–Crippen MR) is 97.9 cm³/mol. The van der Waals surface area contributed by atoms with Crippen LogP contribution in [0.5, 0.6) is 5.75 Å². The number of hydrogen-bond donors (Lipinski definition) is 2. The van der Waals surface area contributed by atoms with E-state index in [9.17, 15) is 4.39 Å². The number of nitrogens with zero attached hydrogens (tertiary/aromatic N) is 3. The Balaban J connectivity index is 1.71. The maximum atomic E-state index is 13.2. The monoisotopic (exact) mass is 363 g/mol. The molecule has 1 heterocycles. The van der Waals surface area contributed by atoms with Crippen molar-refractivity contribution in [3.63, 3.8) is 0 Å². The molecule has 0 amide bonds. The van der Waals surface area contributed by atoms with Gasteiger partial charge in [-0.15, -0.1) is 0 Å². The Bertz CT molecular complexity index is 717. The number of aliphatic imine (C=N–C) groups is 1. The van der Waals surface area contributed by atoms with E-state index in [0.717, 1.165) is 0 Å². The summed E-state index contributed by atoms with van der Waals surface area (Å²) < 4.78 is 24.0. The molecule has 0 saturated carbocycles. The van der Waals surface area contributed by atoms with E-state index in [0.29, 0.717) is 42.9 Å². The lowest BCUT2D eigenvalue weighted by Gasteiger charge is -2.17. The van der Waals surface area contributed by atoms with Crippen LogP contribution in [0.1, 0.15) is 38.4 Å². The van der Waals surface area contributed by atoms with Gasteiger partial charge in [0.2, 0.25) is 5.89 Å². The fraction of sp³-hybridized carbons (Fsp3) is 0.500. The van der Waals surface area contributed by atoms with Crippen molar-refractivity contribution in [3.8, 4) is 5.75 Å². The number of benzene rings is 1. The first-order valence-corrected chi connectivity index (χ1v) is 8.67. The van der Waals surface area contributed by atoms with Gasteiger partial charge in [-0.25, -0.2) is 4.39 Å². The Morgan fingerprint density at radius 1 is 1.31 bits per heavy atom. The standard InChI is InChI=1S/C18H26FN5O2/c1-12(2)17-23-16(26-24-17)8-9-21-18(20-4)22-11-13(3)25-15-7-5-6-14(19)10-15/h5-7,10,12-13H,8-9,11H2,1-4H3,(H2,20,21,22). The van der Waals surface area contributed by atoms with Crippen molar-refractivity contribution < 1.29 is 13.7 Å². The highest BCUT2D eigenvalue weighted by Gasteiger charge is 2.10. The van der Waals surface area contributed by atoms with E-state index in [2.05, 4.69) is 25.8 Å². The molecule has 2 rings (SSSR count). The molecule has 0 spiro atoms. The van der Waals surface area contributed by atoms with Gasteiger partial charge in [0.25, 0.3) is 0 Å². The molecule has 1 aromatic carbocycles. The highest BCUT2D eigenvalue weighted by Crippen LogP contribution is 2.13. The van der Waals surface area contributed by atoms with E-state index in [4.69, 9.17) is 9.26 Å². The van der Waals surface area contributed by atoms with Crippen LogP contribution < -0.4 is 15.4 Å². The van der Waals surface area contributed by atoms with Crippen molar-refractivity contribution >= 4 is 5.96 Å². The third kappa shape index (κ3) is 6.34. The van der Waals surface area contributed by atoms with Crippen molar-refractivity contribution in [2.24, 2.45) is 4.99 Å². The van der Waals surface area contributed by atoms with E-state index in [1.54, 1.807) is 19.2 Å². The fourth-order valence-electron chi connectivity index (χ4n) is 2.17. The molecular formula is C18H26FN5O2. The number of rotatable bonds is 8. The smallest absolute Gasteiger partial charge is 0.228 e. The zero-order chi connectivity index (χ0) is 18.9. The third-order valence-corrected chi connectivity index (χ3v) is 3.55. The van der Waals surface area contributed by atoms with Crippen molar-refractivity contribution in [3.05, 3.63) is 41.8 Å². The summed E-state index contributed by atoms with van der Waals surface area (Å²) >= 11 is 0. The Morgan fingerprint density at radius 2 is 2.12 bits per heavy atom. The number of nitrogens with one attached hydrogen (secondary N) is 2. The number of ether oxygens (including phenoxy) is 1. The minimum absolute atomic E-state index is 0.153. The van der Waals surface area contributed by atoms with E-state index in [1.165, 1.54) is 12.1 Å². The van der Waals surface area contributed by atoms with Crippen molar-refractivity contribution in [1.29, 1.82) is 0 Å². The van der Waals surface area contributed by atoms with Gasteiger partial charge in [-0.3, -0.25) is 4.99 Å². The molecule has 1 unspecified atom stereocenters. The van der Waals surface area contributed by atoms with Gasteiger partial charge < -0.3 is 19.9 Å². The minimum atomic E-state index is -0.318. The highest BCUT2D eigenvalue weighted by atomic mass is 19.1. The molecular weight excluding hydrogens is 337 g/mol. The Labute approximate surface area is 153 Å². The number of hydrogen-bond acceptors (Lipinski definition) is 5. The Kier molecular flexibility index (Phi) is 7.37. The Hall–Kier alpha value is -2.64. The molecule has 2 N–H and O–H groups in total. The molecule has 0 aliphatic rings. The molecule has 8 heteroatoms. The van der Waals surface area contributed by atoms with Crippen LogP contribution in [0.2, 0.25) is 0 Å². The molecule has 0 fully saturated rings. The SMILES string of the molecule is CN=C(NCCc1nc(C(C)C)no1)NCC(C)Oc1cccc(F)c1. The number of guanidine groups is 1. The first kappa shape index (κ1) is 19.7. The second-order valence-corrected chi connectivity index (χ2v) is 6.22. The molecule has 1 aromatic heterocycles. The van der Waals surface area contributed by atoms with E-state index in [1.807, 2.05) is 20.8 Å². The first-order valence-electron chi connectivity index (χ1n) is 8.67. The lowest BCUT2D eigenvalue weighted by atomic mass is 10.2. The van der Waals surface area contributed by atoms with Crippen LogP contribution in [-0.4, -0.2) is 42.3 Å². The van der Waals surface area contributed by atoms with Crippen LogP contribution in [0.4, 0.5) is 4.39 Å². The summed E-state index contributed by atoms with van der Waals surface area (Å²) in [6.45, 7) is 7.07. The quantitative estimate of drug-likeness (QED) is 0.554. The summed E-state index contributed by atoms with van der Waals surface area (Å²) in [6.07, 6.45) is 0.454. The van der Waals surface area contributed by atoms with Crippen LogP contribution >= 0.6 is 0 Å². The van der Waals surface area contributed by atoms with E-state index in [-0.39, 0.29) is 17.8 Å². The molecule has 0 aliphatic carbocycles. The van der Waals surface area contributed by atoms with Crippen LogP contribution in [-0.2, 0) is 6.42 Å². The summed E-state index contributed by atoms with van der Waals surface area (Å²) in [6, 6.07) is 6.09. The maximum absolute atomic E-state index is 13.2. The van der Waals surface area contributed by atoms with Crippen LogP contribution in [0.3, 0.4) is 0 Å². The van der Waals surface area contributed by atoms with Gasteiger partial charge in [-0.2, -0.15) is 4.98 Å². The summed E-state index contributed by atoms with van der Waals surface area (Å²) in [4.78, 5) is 8.49. The van der Waals surface area contributed by atoms with Crippen LogP contribution in [0, 0.1) is 5.82 Å². The highest BCUT2D eigenvalue weighted by molar-refractivity contribution is 5.79. The second kappa shape index (κ2) is 9.74. The Morgan fingerprint density at radius 3 is 2.77 bits per heavy atom. The lowest BCUT2D eigenvalue weighted by molar-refractivity contribution is 0.223. The normalized spacial score (nSPS) is 12.9. The largest absolute Gasteiger partial charge is 0.489 e. The van der Waals surface area contributed by atoms with Gasteiger partial charge in [0.1, 0.15) is 17.7 Å². The zero-order valence-corrected chi connectivity index (χ0v) is 15.6. The molecule has 1 atom stereocenters. The molecule has 2 aromatic rings. The van der Waals surface area contributed by atoms with Gasteiger partial charge in [-0.1, -0.05) is 25.1 Å². The maximum Gasteiger partial charge on any atom is 0.228 e. The van der Waals surface area contributed by atoms with Gasteiger partial charge >= 0.3 is 0 Å². The van der Waals surface area contributed by atoms with Crippen molar-refractivity contribution in [2.45, 2.75) is 39.2 Å². The molecule has 0 aliphatic heterocycles. The van der Waals surface area contributed by atoms with Crippen LogP contribution in [0.25, 0.3) is 0 Å². The fourth-order valence-corrected chi connectivity index (χ4v) is 2.17. The molecule has 7 nitrogen and oxygen atoms in total. The summed E-state index contributed by atoms with van der Waals surface area (Å²) in [5.74, 6) is 2.38. The van der Waals surface area contributed by atoms with Crippen molar-refractivity contribution in [1.82, 2.24) is 20.8 Å². The predicted octanol–water partition coefficient (Wildman–Crippen LogP) is 2.51. The molecule has 0 bridgehead atoms. The van der Waals surface area contributed by atoms with E-state index >= 15 is 0 Å². The number of aromatic nitrogens is 2. The lowest BCUT2D eigenvalue weighted by Crippen LogP contribution is -2.42. The van der Waals surface area contributed by atoms with Gasteiger partial charge in [-0.05, 0) is 19.1 Å². The molecule has 26 heavy (non-hydrogen) atoms. The second-order valence-electron chi connectivity index (χ2n) is 6.22. The topological polar surface area (TPSA) is 84.6 Å². The third-order valence-electron chi connectivity index (χ3n) is 3.55. The van der Waals surface area contributed by atoms with Gasteiger partial charge in [0.05, 0.1) is 6.54 Å². The summed E-state index contributed by atoms with van der Waals surface area (Å²) in [5, 5.41) is 10.3. The zero-order valence-electron chi connectivity index (χ0n) is 15.6. The molecule has 142 valence electrons. The van der Waals surface area contributed by atoms with Gasteiger partial charge in [0.15, 0.2) is 11.8 Å². The summed E-state index contributed by atoms with van der Waals surface area (Å²) in [7, 11) is 1.69. The molecule has 0 saturated heterocycles. The molecule has 0 radical (unpaired) electrons. The van der Waals surface area contributed by atoms with Crippen LogP contribution in [0.15, 0.2) is 33.8 Å². The average molecular weight is 363 g/mol. The van der Waals surface area contributed by atoms with Crippen molar-refractivity contribution in [2.75, 3.05) is 20.1 Å². The van der Waals surface area contributed by atoms with Gasteiger partial charge in [0, 0.05) is 32.0 Å². The number of halogens is 1. The minimum Gasteiger partial charge on any atom is -0.489 e. The van der Waals surface area contributed by atoms with E-state index < -0.39 is 0 Å². The summed E-state index contributed by atoms with van der Waals surface area (Å²) in [5.41, 5.74) is 0. The first-order chi connectivity index (χ1) is 12.5. The average Bonchev–Trinajstić information content (AvgIpc) is 3.07.